The van der Waals surface area contributed by atoms with Gasteiger partial charge in [0.05, 0.1) is 0 Å². The SMILES string of the molecule is N=[SH]C(F)(F)F. The van der Waals surface area contributed by atoms with Gasteiger partial charge in [-0.3, -0.25) is 4.78 Å². The molecule has 0 saturated heterocycles. The maximum absolute atomic E-state index is 10.6. The highest BCUT2D eigenvalue weighted by Gasteiger charge is 2.21. The van der Waals surface area contributed by atoms with Gasteiger partial charge in [0.15, 0.2) is 0 Å². The van der Waals surface area contributed by atoms with Crippen molar-refractivity contribution >= 4 is 11.6 Å². The lowest BCUT2D eigenvalue weighted by atomic mass is 11.6. The van der Waals surface area contributed by atoms with Gasteiger partial charge in [0.1, 0.15) is 0 Å². The first-order valence-electron chi connectivity index (χ1n) is 1.01. The van der Waals surface area contributed by atoms with Gasteiger partial charge in [0.2, 0.25) is 0 Å². The first-order valence-corrected chi connectivity index (χ1v) is 1.91. The second-order valence-corrected chi connectivity index (χ2v) is 1.31. The second kappa shape index (κ2) is 1.59. The van der Waals surface area contributed by atoms with E-state index in [0.717, 1.165) is 0 Å². The van der Waals surface area contributed by atoms with E-state index in [4.69, 9.17) is 4.78 Å². The van der Waals surface area contributed by atoms with E-state index in [9.17, 15) is 13.2 Å². The molecule has 0 unspecified atom stereocenters. The van der Waals surface area contributed by atoms with E-state index in [1.165, 1.54) is 0 Å². The third-order valence-electron chi connectivity index (χ3n) is 0.127. The summed E-state index contributed by atoms with van der Waals surface area (Å²) in [5.41, 5.74) is -4.32. The monoisotopic (exact) mass is 117 g/mol. The topological polar surface area (TPSA) is 23.9 Å². The van der Waals surface area contributed by atoms with Crippen LogP contribution >= 0.6 is 0 Å². The molecule has 0 aliphatic heterocycles. The smallest absolute Gasteiger partial charge is 0.275 e. The van der Waals surface area contributed by atoms with E-state index in [1.807, 2.05) is 0 Å². The molecule has 0 spiro atoms. The van der Waals surface area contributed by atoms with Gasteiger partial charge in [-0.05, 0) is 11.6 Å². The molecule has 0 rings (SSSR count). The normalized spacial score (nSPS) is 11.8. The lowest BCUT2D eigenvalue weighted by molar-refractivity contribution is -0.0332. The Morgan fingerprint density at radius 3 is 1.50 bits per heavy atom. The molecule has 0 bridgehead atoms. The van der Waals surface area contributed by atoms with E-state index in [-0.39, 0.29) is 0 Å². The second-order valence-electron chi connectivity index (χ2n) is 0.580. The molecular formula is CH2F3NS. The van der Waals surface area contributed by atoms with Crippen molar-refractivity contribution in [3.63, 3.8) is 0 Å². The number of thiol groups is 1. The molecule has 0 fully saturated rings. The van der Waals surface area contributed by atoms with E-state index >= 15 is 0 Å². The molecule has 1 nitrogen and oxygen atoms in total. The molecule has 0 radical (unpaired) electrons. The number of halogens is 3. The standard InChI is InChI=1S/CH2F3NS/c2-1(3,4)6-5/h5-6H. The Bertz CT molecular complexity index is 56.3. The maximum Gasteiger partial charge on any atom is 0.449 e. The summed E-state index contributed by atoms with van der Waals surface area (Å²) < 4.78 is 37.5. The highest BCUT2D eigenvalue weighted by atomic mass is 32.1. The molecular weight excluding hydrogens is 115 g/mol. The summed E-state index contributed by atoms with van der Waals surface area (Å²) >= 11 is -1.28. The van der Waals surface area contributed by atoms with Crippen molar-refractivity contribution in [1.82, 2.24) is 0 Å². The minimum atomic E-state index is -4.32. The van der Waals surface area contributed by atoms with E-state index < -0.39 is 17.1 Å². The molecule has 0 aliphatic carbocycles. The Balaban J connectivity index is 3.45. The van der Waals surface area contributed by atoms with Gasteiger partial charge in [-0.1, -0.05) is 0 Å². The van der Waals surface area contributed by atoms with Crippen LogP contribution in [0.3, 0.4) is 0 Å². The molecule has 0 aromatic carbocycles. The van der Waals surface area contributed by atoms with Crippen LogP contribution in [0.5, 0.6) is 0 Å². The van der Waals surface area contributed by atoms with Gasteiger partial charge in [-0.2, -0.15) is 13.2 Å². The molecule has 0 aromatic heterocycles. The Morgan fingerprint density at radius 2 is 1.50 bits per heavy atom. The van der Waals surface area contributed by atoms with Crippen molar-refractivity contribution in [2.45, 2.75) is 5.51 Å². The Kier molecular flexibility index (Phi) is 1.58. The van der Waals surface area contributed by atoms with Gasteiger partial charge in [-0.25, -0.2) is 0 Å². The van der Waals surface area contributed by atoms with Crippen molar-refractivity contribution in [1.29, 1.82) is 4.78 Å². The zero-order valence-corrected chi connectivity index (χ0v) is 3.48. The summed E-state index contributed by atoms with van der Waals surface area (Å²) in [7, 11) is 0. The molecule has 0 amide bonds. The fraction of sp³-hybridized carbons (Fsp3) is 1.00. The largest absolute Gasteiger partial charge is 0.449 e. The summed E-state index contributed by atoms with van der Waals surface area (Å²) in [6, 6.07) is 0. The fourth-order valence-corrected chi connectivity index (χ4v) is 0. The summed E-state index contributed by atoms with van der Waals surface area (Å²) in [5, 5.41) is 0. The first kappa shape index (κ1) is 5.94. The van der Waals surface area contributed by atoms with Gasteiger partial charge in [-0.15, -0.1) is 0 Å². The van der Waals surface area contributed by atoms with E-state index in [0.29, 0.717) is 0 Å². The predicted molar refractivity (Wildman–Crippen MR) is 17.5 cm³/mol. The van der Waals surface area contributed by atoms with Crippen molar-refractivity contribution in [2.75, 3.05) is 0 Å². The van der Waals surface area contributed by atoms with Crippen molar-refractivity contribution in [3.05, 3.63) is 0 Å². The van der Waals surface area contributed by atoms with Gasteiger partial charge in [0.25, 0.3) is 0 Å². The van der Waals surface area contributed by atoms with Crippen molar-refractivity contribution < 1.29 is 13.2 Å². The maximum atomic E-state index is 10.6. The minimum Gasteiger partial charge on any atom is -0.275 e. The van der Waals surface area contributed by atoms with Gasteiger partial charge < -0.3 is 0 Å². The Labute approximate surface area is 36.1 Å². The van der Waals surface area contributed by atoms with Crippen LogP contribution in [-0.2, 0) is 11.6 Å². The molecule has 0 atom stereocenters. The van der Waals surface area contributed by atoms with Crippen LogP contribution in [0.15, 0.2) is 0 Å². The lowest BCUT2D eigenvalue weighted by Crippen LogP contribution is -2.01. The van der Waals surface area contributed by atoms with Crippen LogP contribution in [0.1, 0.15) is 0 Å². The lowest BCUT2D eigenvalue weighted by Gasteiger charge is -1.90. The van der Waals surface area contributed by atoms with Crippen LogP contribution in [-0.4, -0.2) is 5.51 Å². The van der Waals surface area contributed by atoms with Crippen LogP contribution < -0.4 is 0 Å². The molecule has 5 heteroatoms. The van der Waals surface area contributed by atoms with Crippen LogP contribution in [0.4, 0.5) is 13.2 Å². The Morgan fingerprint density at radius 1 is 1.33 bits per heavy atom. The van der Waals surface area contributed by atoms with Crippen LogP contribution in [0, 0.1) is 4.78 Å². The third kappa shape index (κ3) is 3.94. The van der Waals surface area contributed by atoms with Crippen LogP contribution in [0.2, 0.25) is 0 Å². The molecule has 0 heterocycles. The molecule has 1 N–H and O–H groups in total. The van der Waals surface area contributed by atoms with Crippen LogP contribution in [0.25, 0.3) is 0 Å². The first-order chi connectivity index (χ1) is 2.56. The fourth-order valence-electron chi connectivity index (χ4n) is 0. The van der Waals surface area contributed by atoms with Crippen molar-refractivity contribution in [3.8, 4) is 0 Å². The zero-order valence-electron chi connectivity index (χ0n) is 2.58. The van der Waals surface area contributed by atoms with E-state index in [2.05, 4.69) is 0 Å². The summed E-state index contributed by atoms with van der Waals surface area (Å²) in [4.78, 5) is 0. The van der Waals surface area contributed by atoms with E-state index in [1.54, 1.807) is 0 Å². The molecule has 38 valence electrons. The molecule has 6 heavy (non-hydrogen) atoms. The Hall–Kier alpha value is -0.0600. The average molecular weight is 117 g/mol. The highest BCUT2D eigenvalue weighted by molar-refractivity contribution is 7.67. The quantitative estimate of drug-likeness (QED) is 0.444. The summed E-state index contributed by atoms with van der Waals surface area (Å²) in [6.45, 7) is 0. The number of hydrogen-bond donors (Lipinski definition) is 2. The van der Waals surface area contributed by atoms with Gasteiger partial charge in [0, 0.05) is 0 Å². The number of hydrogen-bond acceptors (Lipinski definition) is 1. The summed E-state index contributed by atoms with van der Waals surface area (Å²) in [5.74, 6) is 0. The number of rotatable bonds is 0. The summed E-state index contributed by atoms with van der Waals surface area (Å²) in [6.07, 6.45) is 0. The minimum absolute atomic E-state index is 1.28. The molecule has 0 aliphatic rings. The highest BCUT2D eigenvalue weighted by Crippen LogP contribution is 2.11. The average Bonchev–Trinajstić information content (AvgIpc) is 1.35. The zero-order chi connectivity index (χ0) is 5.21. The number of nitrogens with one attached hydrogen (secondary N) is 1. The third-order valence-corrected chi connectivity index (χ3v) is 0.380. The van der Waals surface area contributed by atoms with Gasteiger partial charge >= 0.3 is 5.51 Å². The molecule has 0 aromatic rings. The van der Waals surface area contributed by atoms with Crippen molar-refractivity contribution in [2.24, 2.45) is 0 Å². The molecule has 0 saturated carbocycles. The predicted octanol–water partition coefficient (Wildman–Crippen LogP) is 1.08. The number of alkyl halides is 3.